The van der Waals surface area contributed by atoms with Crippen LogP contribution in [0.4, 0.5) is 34.1 Å². The molecule has 0 fully saturated rings. The summed E-state index contributed by atoms with van der Waals surface area (Å²) in [4.78, 5) is 4.79. The summed E-state index contributed by atoms with van der Waals surface area (Å²) in [5, 5.41) is 4.90. The van der Waals surface area contributed by atoms with Crippen LogP contribution < -0.4 is 9.80 Å². The summed E-state index contributed by atoms with van der Waals surface area (Å²) < 4.78 is 0. The normalized spacial score (nSPS) is 13.3. The first-order chi connectivity index (χ1) is 32.5. The van der Waals surface area contributed by atoms with Gasteiger partial charge in [0.2, 0.25) is 0 Å². The Morgan fingerprint density at radius 2 is 0.612 bits per heavy atom. The van der Waals surface area contributed by atoms with Crippen molar-refractivity contribution in [1.82, 2.24) is 0 Å². The Kier molecular flexibility index (Phi) is 9.25. The number of hydrogen-bond donors (Lipinski definition) is 0. The highest BCUT2D eigenvalue weighted by Gasteiger charge is 2.51. The molecule has 0 radical (unpaired) electrons. The Hall–Kier alpha value is -7.68. The van der Waals surface area contributed by atoms with Crippen molar-refractivity contribution in [3.05, 3.63) is 252 Å². The molecular weight excluding hydrogens is 809 g/mol. The van der Waals surface area contributed by atoms with E-state index in [1.165, 1.54) is 77.2 Å². The number of nitrogens with zero attached hydrogens (tertiary/aromatic N) is 2. The number of fused-ring (bicyclic) bond motifs is 12. The van der Waals surface area contributed by atoms with Gasteiger partial charge in [-0.15, -0.1) is 0 Å². The molecule has 2 nitrogen and oxygen atoms in total. The van der Waals surface area contributed by atoms with Crippen molar-refractivity contribution in [2.75, 3.05) is 9.80 Å². The highest BCUT2D eigenvalue weighted by Crippen LogP contribution is 2.64. The molecule has 2 heteroatoms. The van der Waals surface area contributed by atoms with E-state index in [0.717, 1.165) is 34.1 Å². The SMILES string of the molecule is CC(C)(C)c1ccc(N(c2ccccc2)c2ccc3cc4c(cc3c2)C2(c3ccccc3-c3ccccc32)c2cc3cc(N(c5ccccc5)c5ccc(C(C)(C)C)cc5)ccc3cc2-4)cc1. The minimum atomic E-state index is -0.504. The zero-order valence-electron chi connectivity index (χ0n) is 39.2. The Balaban J connectivity index is 1.06. The molecule has 12 rings (SSSR count). The van der Waals surface area contributed by atoms with Crippen LogP contribution >= 0.6 is 0 Å². The topological polar surface area (TPSA) is 6.48 Å². The lowest BCUT2D eigenvalue weighted by atomic mass is 9.70. The van der Waals surface area contributed by atoms with Crippen molar-refractivity contribution < 1.29 is 0 Å². The van der Waals surface area contributed by atoms with Crippen LogP contribution in [0.3, 0.4) is 0 Å². The minimum Gasteiger partial charge on any atom is -0.310 e. The van der Waals surface area contributed by atoms with Gasteiger partial charge in [-0.05, 0) is 185 Å². The van der Waals surface area contributed by atoms with Gasteiger partial charge in [-0.25, -0.2) is 0 Å². The molecule has 0 saturated carbocycles. The second-order valence-corrected chi connectivity index (χ2v) is 20.6. The predicted octanol–water partition coefficient (Wildman–Crippen LogP) is 17.9. The third-order valence-electron chi connectivity index (χ3n) is 14.5. The highest BCUT2D eigenvalue weighted by molar-refractivity contribution is 6.04. The van der Waals surface area contributed by atoms with Crippen LogP contribution in [0, 0.1) is 0 Å². The summed E-state index contributed by atoms with van der Waals surface area (Å²) in [6, 6.07) is 82.1. The smallest absolute Gasteiger partial charge is 0.0725 e. The van der Waals surface area contributed by atoms with Gasteiger partial charge >= 0.3 is 0 Å². The molecule has 10 aromatic rings. The van der Waals surface area contributed by atoms with Crippen LogP contribution in [-0.4, -0.2) is 0 Å². The highest BCUT2D eigenvalue weighted by atomic mass is 15.1. The average molecular weight is 863 g/mol. The van der Waals surface area contributed by atoms with Crippen molar-refractivity contribution in [1.29, 1.82) is 0 Å². The molecule has 67 heavy (non-hydrogen) atoms. The maximum Gasteiger partial charge on any atom is 0.0725 e. The lowest BCUT2D eigenvalue weighted by Crippen LogP contribution is -2.25. The molecule has 324 valence electrons. The standard InChI is InChI=1S/C65H54N2/c1-63(2,3)47-27-33-51(34-28-47)66(49-17-9-7-10-18-49)53-31-25-43-39-57-58-40-44-26-32-54(67(50-19-11-8-12-20-50)52-35-29-48(30-36-52)64(4,5)6)38-46(44)42-62(58)65(61(57)41-45(43)37-53)59-23-15-13-21-55(59)56-22-14-16-24-60(56)65/h7-42H,1-6H3. The number of rotatable bonds is 6. The first-order valence-corrected chi connectivity index (χ1v) is 23.7. The fourth-order valence-corrected chi connectivity index (χ4v) is 11.1. The van der Waals surface area contributed by atoms with Crippen LogP contribution in [0.5, 0.6) is 0 Å². The summed E-state index contributed by atoms with van der Waals surface area (Å²) in [5.41, 5.74) is 19.7. The monoisotopic (exact) mass is 862 g/mol. The first kappa shape index (κ1) is 40.8. The van der Waals surface area contributed by atoms with E-state index < -0.39 is 5.41 Å². The fourth-order valence-electron chi connectivity index (χ4n) is 11.1. The van der Waals surface area contributed by atoms with Gasteiger partial charge in [-0.2, -0.15) is 0 Å². The summed E-state index contributed by atoms with van der Waals surface area (Å²) in [6.45, 7) is 13.7. The van der Waals surface area contributed by atoms with Gasteiger partial charge in [-0.1, -0.05) is 163 Å². The summed E-state index contributed by atoms with van der Waals surface area (Å²) >= 11 is 0. The van der Waals surface area contributed by atoms with Gasteiger partial charge in [0.1, 0.15) is 0 Å². The van der Waals surface area contributed by atoms with E-state index in [0.29, 0.717) is 0 Å². The third-order valence-corrected chi connectivity index (χ3v) is 14.5. The van der Waals surface area contributed by atoms with Crippen molar-refractivity contribution in [2.45, 2.75) is 57.8 Å². The fraction of sp³-hybridized carbons (Fsp3) is 0.138. The van der Waals surface area contributed by atoms with E-state index in [1.54, 1.807) is 0 Å². The molecule has 0 saturated heterocycles. The maximum absolute atomic E-state index is 2.52. The van der Waals surface area contributed by atoms with Crippen molar-refractivity contribution >= 4 is 55.7 Å². The minimum absolute atomic E-state index is 0.0695. The lowest BCUT2D eigenvalue weighted by molar-refractivity contribution is 0.590. The molecule has 0 aromatic heterocycles. The van der Waals surface area contributed by atoms with Gasteiger partial charge in [0.15, 0.2) is 0 Å². The van der Waals surface area contributed by atoms with Gasteiger partial charge in [0.25, 0.3) is 0 Å². The zero-order valence-corrected chi connectivity index (χ0v) is 39.2. The molecule has 0 unspecified atom stereocenters. The molecular formula is C65H54N2. The number of hydrogen-bond acceptors (Lipinski definition) is 2. The van der Waals surface area contributed by atoms with E-state index in [-0.39, 0.29) is 10.8 Å². The molecule has 1 spiro atoms. The van der Waals surface area contributed by atoms with Crippen molar-refractivity contribution in [3.63, 3.8) is 0 Å². The summed E-state index contributed by atoms with van der Waals surface area (Å²) in [6.07, 6.45) is 0. The van der Waals surface area contributed by atoms with Crippen LogP contribution in [0.2, 0.25) is 0 Å². The summed E-state index contributed by atoms with van der Waals surface area (Å²) in [7, 11) is 0. The molecule has 10 aromatic carbocycles. The molecule has 2 aliphatic carbocycles. The second-order valence-electron chi connectivity index (χ2n) is 20.6. The molecule has 0 aliphatic heterocycles. The van der Waals surface area contributed by atoms with E-state index >= 15 is 0 Å². The molecule has 2 aliphatic rings. The molecule has 0 atom stereocenters. The molecule has 0 bridgehead atoms. The largest absolute Gasteiger partial charge is 0.310 e. The molecule has 0 N–H and O–H groups in total. The Morgan fingerprint density at radius 1 is 0.269 bits per heavy atom. The Labute approximate surface area is 395 Å². The van der Waals surface area contributed by atoms with Gasteiger partial charge in [0, 0.05) is 34.1 Å². The molecule has 0 amide bonds. The zero-order chi connectivity index (χ0) is 45.7. The Morgan fingerprint density at radius 3 is 1.00 bits per heavy atom. The molecule has 0 heterocycles. The van der Waals surface area contributed by atoms with E-state index in [9.17, 15) is 0 Å². The third kappa shape index (κ3) is 6.53. The number of anilines is 6. The van der Waals surface area contributed by atoms with E-state index in [4.69, 9.17) is 0 Å². The maximum atomic E-state index is 2.52. The van der Waals surface area contributed by atoms with Crippen LogP contribution in [-0.2, 0) is 16.2 Å². The van der Waals surface area contributed by atoms with Gasteiger partial charge < -0.3 is 9.80 Å². The number of benzene rings is 10. The van der Waals surface area contributed by atoms with Gasteiger partial charge in [-0.3, -0.25) is 0 Å². The van der Waals surface area contributed by atoms with Crippen LogP contribution in [0.25, 0.3) is 43.8 Å². The quantitative estimate of drug-likeness (QED) is 0.164. The Bertz CT molecular complexity index is 3280. The van der Waals surface area contributed by atoms with E-state index in [2.05, 4.69) is 270 Å². The first-order valence-electron chi connectivity index (χ1n) is 23.7. The average Bonchev–Trinajstić information content (AvgIpc) is 3.79. The summed E-state index contributed by atoms with van der Waals surface area (Å²) in [5.74, 6) is 0. The van der Waals surface area contributed by atoms with E-state index in [1.807, 2.05) is 0 Å². The van der Waals surface area contributed by atoms with Crippen LogP contribution in [0.1, 0.15) is 74.9 Å². The van der Waals surface area contributed by atoms with Crippen molar-refractivity contribution in [3.8, 4) is 22.3 Å². The predicted molar refractivity (Wildman–Crippen MR) is 285 cm³/mol. The van der Waals surface area contributed by atoms with Gasteiger partial charge in [0.05, 0.1) is 5.41 Å². The second kappa shape index (κ2) is 15.2. The van der Waals surface area contributed by atoms with Crippen LogP contribution in [0.15, 0.2) is 218 Å². The van der Waals surface area contributed by atoms with Crippen molar-refractivity contribution in [2.24, 2.45) is 0 Å². The number of para-hydroxylation sites is 2. The lowest BCUT2D eigenvalue weighted by Gasteiger charge is -2.31.